The van der Waals surface area contributed by atoms with Crippen molar-refractivity contribution in [2.45, 2.75) is 31.5 Å². The molecule has 1 aliphatic carbocycles. The molecule has 2 aliphatic rings. The molecule has 0 unspecified atom stereocenters. The van der Waals surface area contributed by atoms with Gasteiger partial charge in [0.1, 0.15) is 0 Å². The molecule has 1 heterocycles. The summed E-state index contributed by atoms with van der Waals surface area (Å²) >= 11 is 6.10. The number of rotatable bonds is 3. The van der Waals surface area contributed by atoms with Gasteiger partial charge in [0.2, 0.25) is 0 Å². The Morgan fingerprint density at radius 3 is 2.56 bits per heavy atom. The number of hydrogen-bond acceptors (Lipinski definition) is 4. The van der Waals surface area contributed by atoms with Crippen LogP contribution in [-0.4, -0.2) is 18.1 Å². The van der Waals surface area contributed by atoms with Gasteiger partial charge in [-0.15, -0.1) is 0 Å². The minimum Gasteiger partial charge on any atom is -0.448 e. The highest BCUT2D eigenvalue weighted by Crippen LogP contribution is 2.49. The van der Waals surface area contributed by atoms with Gasteiger partial charge in [-0.05, 0) is 19.0 Å². The molecule has 2 N–H and O–H groups in total. The van der Waals surface area contributed by atoms with Crippen LogP contribution in [-0.2, 0) is 0 Å². The van der Waals surface area contributed by atoms with Crippen LogP contribution in [0, 0.1) is 0 Å². The van der Waals surface area contributed by atoms with Gasteiger partial charge in [-0.3, -0.25) is 4.79 Å². The molecular formula is C13H14ClNO3. The minimum atomic E-state index is -0.499. The predicted octanol–water partition coefficient (Wildman–Crippen LogP) is 2.52. The predicted molar refractivity (Wildman–Crippen MR) is 67.3 cm³/mol. The van der Waals surface area contributed by atoms with Gasteiger partial charge < -0.3 is 15.2 Å². The number of benzene rings is 1. The molecule has 1 spiro atoms. The summed E-state index contributed by atoms with van der Waals surface area (Å²) in [5, 5.41) is 0.396. The molecule has 1 saturated carbocycles. The summed E-state index contributed by atoms with van der Waals surface area (Å²) in [5.41, 5.74) is 5.84. The molecule has 4 nitrogen and oxygen atoms in total. The van der Waals surface area contributed by atoms with Crippen LogP contribution >= 0.6 is 11.6 Å². The van der Waals surface area contributed by atoms with Gasteiger partial charge in [0.15, 0.2) is 17.3 Å². The van der Waals surface area contributed by atoms with E-state index in [0.29, 0.717) is 28.6 Å². The Morgan fingerprint density at radius 2 is 2.00 bits per heavy atom. The molecule has 1 aliphatic heterocycles. The Labute approximate surface area is 110 Å². The van der Waals surface area contributed by atoms with Crippen molar-refractivity contribution in [2.75, 3.05) is 6.54 Å². The Kier molecular flexibility index (Phi) is 2.72. The molecule has 0 amide bonds. The summed E-state index contributed by atoms with van der Waals surface area (Å²) in [6.07, 6.45) is 3.14. The van der Waals surface area contributed by atoms with E-state index >= 15 is 0 Å². The van der Waals surface area contributed by atoms with Crippen LogP contribution in [0.1, 0.15) is 36.0 Å². The molecule has 18 heavy (non-hydrogen) atoms. The van der Waals surface area contributed by atoms with E-state index in [2.05, 4.69) is 0 Å². The molecule has 0 atom stereocenters. The lowest BCUT2D eigenvalue weighted by molar-refractivity contribution is -0.138. The van der Waals surface area contributed by atoms with Gasteiger partial charge in [-0.2, -0.15) is 0 Å². The van der Waals surface area contributed by atoms with Gasteiger partial charge in [-0.1, -0.05) is 11.6 Å². The van der Waals surface area contributed by atoms with Crippen LogP contribution in [0.15, 0.2) is 12.1 Å². The lowest BCUT2D eigenvalue weighted by Crippen LogP contribution is -2.45. The van der Waals surface area contributed by atoms with Crippen molar-refractivity contribution in [1.29, 1.82) is 0 Å². The fourth-order valence-electron chi connectivity index (χ4n) is 2.27. The standard InChI is InChI=1S/C13H14ClNO3/c14-9-7-12-11(6-8(9)10(16)2-5-15)17-13(18-12)3-1-4-13/h6-7H,1-5,15H2. The number of ether oxygens (including phenoxy) is 2. The molecular weight excluding hydrogens is 254 g/mol. The van der Waals surface area contributed by atoms with E-state index < -0.39 is 5.79 Å². The number of carbonyl (C=O) groups excluding carboxylic acids is 1. The SMILES string of the molecule is NCCC(=O)c1cc2c(cc1Cl)OC1(CCC1)O2. The topological polar surface area (TPSA) is 61.6 Å². The van der Waals surface area contributed by atoms with Gasteiger partial charge in [0, 0.05) is 30.9 Å². The highest BCUT2D eigenvalue weighted by molar-refractivity contribution is 6.34. The van der Waals surface area contributed by atoms with Gasteiger partial charge in [0.05, 0.1) is 5.02 Å². The Morgan fingerprint density at radius 1 is 1.33 bits per heavy atom. The van der Waals surface area contributed by atoms with Crippen molar-refractivity contribution in [1.82, 2.24) is 0 Å². The summed E-state index contributed by atoms with van der Waals surface area (Å²) in [6, 6.07) is 3.33. The summed E-state index contributed by atoms with van der Waals surface area (Å²) in [6.45, 7) is 0.313. The first-order chi connectivity index (χ1) is 8.63. The van der Waals surface area contributed by atoms with E-state index in [1.165, 1.54) is 0 Å². The molecule has 1 aromatic rings. The van der Waals surface area contributed by atoms with Crippen molar-refractivity contribution in [3.63, 3.8) is 0 Å². The average Bonchev–Trinajstić information content (AvgIpc) is 2.66. The number of ketones is 1. The fourth-order valence-corrected chi connectivity index (χ4v) is 2.52. The molecule has 1 fully saturated rings. The molecule has 0 aromatic heterocycles. The second-order valence-corrected chi connectivity index (χ2v) is 5.12. The number of nitrogens with two attached hydrogens (primary N) is 1. The third-order valence-corrected chi connectivity index (χ3v) is 3.73. The highest BCUT2D eigenvalue weighted by Gasteiger charge is 2.47. The second-order valence-electron chi connectivity index (χ2n) is 4.71. The maximum absolute atomic E-state index is 11.8. The summed E-state index contributed by atoms with van der Waals surface area (Å²) in [7, 11) is 0. The van der Waals surface area contributed by atoms with E-state index in [0.717, 1.165) is 19.3 Å². The first kappa shape index (κ1) is 11.8. The number of fused-ring (bicyclic) bond motifs is 1. The van der Waals surface area contributed by atoms with Crippen LogP contribution in [0.5, 0.6) is 11.5 Å². The number of carbonyl (C=O) groups is 1. The molecule has 0 radical (unpaired) electrons. The van der Waals surface area contributed by atoms with Gasteiger partial charge in [-0.25, -0.2) is 0 Å². The van der Waals surface area contributed by atoms with Crippen LogP contribution in [0.2, 0.25) is 5.02 Å². The van der Waals surface area contributed by atoms with Gasteiger partial charge in [0.25, 0.3) is 5.79 Å². The van der Waals surface area contributed by atoms with E-state index in [1.807, 2.05) is 0 Å². The first-order valence-corrected chi connectivity index (χ1v) is 6.46. The van der Waals surface area contributed by atoms with Crippen molar-refractivity contribution in [2.24, 2.45) is 5.73 Å². The largest absolute Gasteiger partial charge is 0.448 e. The van der Waals surface area contributed by atoms with Crippen LogP contribution in [0.25, 0.3) is 0 Å². The molecule has 96 valence electrons. The smallest absolute Gasteiger partial charge is 0.251 e. The lowest BCUT2D eigenvalue weighted by atomic mass is 9.91. The quantitative estimate of drug-likeness (QED) is 0.855. The van der Waals surface area contributed by atoms with Crippen molar-refractivity contribution in [3.8, 4) is 11.5 Å². The molecule has 5 heteroatoms. The Hall–Kier alpha value is -1.26. The number of hydrogen-bond donors (Lipinski definition) is 1. The molecule has 0 saturated heterocycles. The van der Waals surface area contributed by atoms with Crippen LogP contribution < -0.4 is 15.2 Å². The zero-order valence-corrected chi connectivity index (χ0v) is 10.6. The minimum absolute atomic E-state index is 0.0662. The molecule has 3 rings (SSSR count). The van der Waals surface area contributed by atoms with Crippen LogP contribution in [0.4, 0.5) is 0 Å². The molecule has 1 aromatic carbocycles. The lowest BCUT2D eigenvalue weighted by Gasteiger charge is -2.35. The third-order valence-electron chi connectivity index (χ3n) is 3.41. The van der Waals surface area contributed by atoms with Crippen molar-refractivity contribution in [3.05, 3.63) is 22.7 Å². The Bertz CT molecular complexity index is 511. The van der Waals surface area contributed by atoms with E-state index in [1.54, 1.807) is 12.1 Å². The van der Waals surface area contributed by atoms with Crippen molar-refractivity contribution >= 4 is 17.4 Å². The summed E-state index contributed by atoms with van der Waals surface area (Å²) in [4.78, 5) is 11.8. The normalized spacial score (nSPS) is 18.8. The zero-order valence-electron chi connectivity index (χ0n) is 9.87. The first-order valence-electron chi connectivity index (χ1n) is 6.08. The highest BCUT2D eigenvalue weighted by atomic mass is 35.5. The average molecular weight is 268 g/mol. The molecule has 0 bridgehead atoms. The summed E-state index contributed by atoms with van der Waals surface area (Å²) < 4.78 is 11.6. The van der Waals surface area contributed by atoms with E-state index in [4.69, 9.17) is 26.8 Å². The van der Waals surface area contributed by atoms with E-state index in [9.17, 15) is 4.79 Å². The van der Waals surface area contributed by atoms with E-state index in [-0.39, 0.29) is 12.2 Å². The van der Waals surface area contributed by atoms with Crippen LogP contribution in [0.3, 0.4) is 0 Å². The Balaban J connectivity index is 1.92. The summed E-state index contributed by atoms with van der Waals surface area (Å²) in [5.74, 6) is 0.674. The third kappa shape index (κ3) is 1.76. The second kappa shape index (κ2) is 4.14. The number of Topliss-reactive ketones (excluding diaryl/α,β-unsaturated/α-hetero) is 1. The maximum atomic E-state index is 11.8. The fraction of sp³-hybridized carbons (Fsp3) is 0.462. The zero-order chi connectivity index (χ0) is 12.8. The monoisotopic (exact) mass is 267 g/mol. The van der Waals surface area contributed by atoms with Gasteiger partial charge >= 0.3 is 0 Å². The number of halogens is 1. The van der Waals surface area contributed by atoms with Crippen molar-refractivity contribution < 1.29 is 14.3 Å². The maximum Gasteiger partial charge on any atom is 0.251 e.